The van der Waals surface area contributed by atoms with Crippen molar-refractivity contribution in [2.45, 2.75) is 39.5 Å². The second-order valence-electron chi connectivity index (χ2n) is 3.90. The smallest absolute Gasteiger partial charge is 0.0970 e. The van der Waals surface area contributed by atoms with Gasteiger partial charge < -0.3 is 0 Å². The molecule has 6 heteroatoms. The van der Waals surface area contributed by atoms with Crippen molar-refractivity contribution in [3.8, 4) is 12.1 Å². The summed E-state index contributed by atoms with van der Waals surface area (Å²) in [6, 6.07) is 4.37. The highest BCUT2D eigenvalue weighted by molar-refractivity contribution is 8.74. The number of nitriles is 2. The van der Waals surface area contributed by atoms with E-state index in [1.54, 1.807) is 22.0 Å². The van der Waals surface area contributed by atoms with E-state index in [2.05, 4.69) is 34.6 Å². The topological polar surface area (TPSA) is 54.1 Å². The summed E-state index contributed by atoms with van der Waals surface area (Å²) in [5, 5.41) is 17.5. The molecule has 0 bridgehead atoms. The van der Waals surface area contributed by atoms with Crippen molar-refractivity contribution in [3.63, 3.8) is 0 Å². The van der Waals surface area contributed by atoms with Crippen LogP contribution in [0.5, 0.6) is 0 Å². The van der Waals surface area contributed by atoms with Gasteiger partial charge in [0.05, 0.1) is 25.2 Å². The van der Waals surface area contributed by atoms with Crippen molar-refractivity contribution in [3.05, 3.63) is 0 Å². The third-order valence-corrected chi connectivity index (χ3v) is 4.84. The number of hydrogen-bond acceptors (Lipinski definition) is 6. The van der Waals surface area contributed by atoms with Crippen molar-refractivity contribution < 1.29 is 0 Å². The van der Waals surface area contributed by atoms with Gasteiger partial charge in [0.15, 0.2) is 0 Å². The molecular weight excluding hydrogens is 264 g/mol. The van der Waals surface area contributed by atoms with Crippen LogP contribution >= 0.6 is 22.0 Å². The average Bonchev–Trinajstić information content (AvgIpc) is 2.38. The minimum absolute atomic E-state index is 0.436. The van der Waals surface area contributed by atoms with Gasteiger partial charge >= 0.3 is 0 Å². The Morgan fingerprint density at radius 2 is 1.22 bits per heavy atom. The van der Waals surface area contributed by atoms with E-state index in [0.717, 1.165) is 38.8 Å². The highest BCUT2D eigenvalue weighted by atomic mass is 33.1. The van der Waals surface area contributed by atoms with Crippen LogP contribution in [0.3, 0.4) is 0 Å². The summed E-state index contributed by atoms with van der Waals surface area (Å²) in [6.45, 7) is 7.01. The van der Waals surface area contributed by atoms with Crippen LogP contribution in [0.15, 0.2) is 0 Å². The van der Waals surface area contributed by atoms with E-state index in [0.29, 0.717) is 13.1 Å². The predicted molar refractivity (Wildman–Crippen MR) is 79.4 cm³/mol. The molecule has 0 saturated carbocycles. The van der Waals surface area contributed by atoms with Gasteiger partial charge in [-0.1, -0.05) is 26.7 Å². The largest absolute Gasteiger partial charge is 0.226 e. The number of unbranched alkanes of at least 4 members (excludes halogenated alkanes) is 2. The molecule has 0 fully saturated rings. The molecule has 0 aromatic heterocycles. The maximum atomic E-state index is 8.77. The van der Waals surface area contributed by atoms with Crippen LogP contribution in [-0.2, 0) is 0 Å². The monoisotopic (exact) mass is 286 g/mol. The maximum absolute atomic E-state index is 8.77. The average molecular weight is 286 g/mol. The third kappa shape index (κ3) is 9.61. The molecule has 0 amide bonds. The molecule has 0 aromatic rings. The van der Waals surface area contributed by atoms with Crippen molar-refractivity contribution in [2.75, 3.05) is 26.2 Å². The number of rotatable bonds is 11. The number of hydrogen-bond donors (Lipinski definition) is 0. The SMILES string of the molecule is CCCCN(CC#N)SSN(CC#N)CCCC. The van der Waals surface area contributed by atoms with Crippen LogP contribution in [0, 0.1) is 22.7 Å². The summed E-state index contributed by atoms with van der Waals surface area (Å²) < 4.78 is 4.12. The molecule has 18 heavy (non-hydrogen) atoms. The Morgan fingerprint density at radius 3 is 1.50 bits per heavy atom. The van der Waals surface area contributed by atoms with Crippen LogP contribution in [0.1, 0.15) is 39.5 Å². The van der Waals surface area contributed by atoms with E-state index in [1.807, 2.05) is 0 Å². The van der Waals surface area contributed by atoms with E-state index >= 15 is 0 Å². The molecule has 102 valence electrons. The maximum Gasteiger partial charge on any atom is 0.0970 e. The summed E-state index contributed by atoms with van der Waals surface area (Å²) in [5.74, 6) is 0. The Morgan fingerprint density at radius 1 is 0.833 bits per heavy atom. The molecule has 0 aromatic carbocycles. The Balaban J connectivity index is 4.02. The molecule has 0 spiro atoms. The van der Waals surface area contributed by atoms with Gasteiger partial charge in [0.2, 0.25) is 0 Å². The molecule has 4 nitrogen and oxygen atoms in total. The van der Waals surface area contributed by atoms with Gasteiger partial charge in [-0.3, -0.25) is 0 Å². The Bertz CT molecular complexity index is 244. The normalized spacial score (nSPS) is 10.6. The minimum atomic E-state index is 0.436. The van der Waals surface area contributed by atoms with E-state index in [9.17, 15) is 0 Å². The Labute approximate surface area is 119 Å². The molecule has 0 aliphatic rings. The zero-order valence-electron chi connectivity index (χ0n) is 11.3. The van der Waals surface area contributed by atoms with Crippen molar-refractivity contribution in [2.24, 2.45) is 0 Å². The summed E-state index contributed by atoms with van der Waals surface area (Å²) >= 11 is 0. The Kier molecular flexibility index (Phi) is 12.8. The fourth-order valence-electron chi connectivity index (χ4n) is 1.21. The molecule has 0 saturated heterocycles. The second kappa shape index (κ2) is 13.0. The van der Waals surface area contributed by atoms with E-state index < -0.39 is 0 Å². The first kappa shape index (κ1) is 17.6. The van der Waals surface area contributed by atoms with E-state index in [1.165, 1.54) is 0 Å². The second-order valence-corrected chi connectivity index (χ2v) is 6.12. The standard InChI is InChI=1S/C12H22N4S2/c1-3-5-9-15(11-7-13)17-18-16(12-8-14)10-6-4-2/h3-6,9-12H2,1-2H3. The predicted octanol–water partition coefficient (Wildman–Crippen LogP) is 3.45. The fraction of sp³-hybridized carbons (Fsp3) is 0.833. The summed E-state index contributed by atoms with van der Waals surface area (Å²) in [7, 11) is 3.17. The molecular formula is C12H22N4S2. The first-order chi connectivity index (χ1) is 8.78. The molecule has 0 aliphatic carbocycles. The molecule has 0 atom stereocenters. The van der Waals surface area contributed by atoms with Gasteiger partial charge in [0, 0.05) is 35.0 Å². The Hall–Kier alpha value is -0.400. The molecule has 0 aliphatic heterocycles. The van der Waals surface area contributed by atoms with Gasteiger partial charge in [0.25, 0.3) is 0 Å². The van der Waals surface area contributed by atoms with Crippen molar-refractivity contribution >= 4 is 22.0 Å². The van der Waals surface area contributed by atoms with E-state index in [4.69, 9.17) is 10.5 Å². The summed E-state index contributed by atoms with van der Waals surface area (Å²) in [6.07, 6.45) is 4.46. The van der Waals surface area contributed by atoms with Crippen molar-refractivity contribution in [1.29, 1.82) is 10.5 Å². The highest BCUT2D eigenvalue weighted by Gasteiger charge is 2.10. The van der Waals surface area contributed by atoms with Gasteiger partial charge in [-0.2, -0.15) is 10.5 Å². The fourth-order valence-corrected chi connectivity index (χ4v) is 3.35. The zero-order valence-corrected chi connectivity index (χ0v) is 12.9. The van der Waals surface area contributed by atoms with Crippen LogP contribution in [0.4, 0.5) is 0 Å². The van der Waals surface area contributed by atoms with Crippen LogP contribution in [0.25, 0.3) is 0 Å². The molecule has 0 N–H and O–H groups in total. The summed E-state index contributed by atoms with van der Waals surface area (Å²) in [5.41, 5.74) is 0. The highest BCUT2D eigenvalue weighted by Crippen LogP contribution is 2.29. The lowest BCUT2D eigenvalue weighted by Gasteiger charge is -2.21. The van der Waals surface area contributed by atoms with Crippen LogP contribution < -0.4 is 0 Å². The lowest BCUT2D eigenvalue weighted by Crippen LogP contribution is -2.20. The third-order valence-electron chi connectivity index (χ3n) is 2.26. The number of nitrogens with zero attached hydrogens (tertiary/aromatic N) is 4. The zero-order chi connectivity index (χ0) is 13.6. The minimum Gasteiger partial charge on any atom is -0.226 e. The molecule has 0 rings (SSSR count). The van der Waals surface area contributed by atoms with Crippen LogP contribution in [-0.4, -0.2) is 34.8 Å². The van der Waals surface area contributed by atoms with Crippen LogP contribution in [0.2, 0.25) is 0 Å². The van der Waals surface area contributed by atoms with Gasteiger partial charge in [-0.05, 0) is 12.8 Å². The van der Waals surface area contributed by atoms with E-state index in [-0.39, 0.29) is 0 Å². The quantitative estimate of drug-likeness (QED) is 0.329. The first-order valence-electron chi connectivity index (χ1n) is 6.37. The molecule has 0 unspecified atom stereocenters. The first-order valence-corrected chi connectivity index (χ1v) is 8.43. The van der Waals surface area contributed by atoms with Gasteiger partial charge in [0.1, 0.15) is 0 Å². The molecule has 0 heterocycles. The molecule has 0 radical (unpaired) electrons. The lowest BCUT2D eigenvalue weighted by molar-refractivity contribution is 0.498. The van der Waals surface area contributed by atoms with Gasteiger partial charge in [-0.15, -0.1) is 0 Å². The lowest BCUT2D eigenvalue weighted by atomic mass is 10.3. The summed E-state index contributed by atoms with van der Waals surface area (Å²) in [4.78, 5) is 0. The van der Waals surface area contributed by atoms with Gasteiger partial charge in [-0.25, -0.2) is 8.61 Å². The van der Waals surface area contributed by atoms with Crippen molar-refractivity contribution in [1.82, 2.24) is 8.61 Å².